The van der Waals surface area contributed by atoms with E-state index >= 15 is 0 Å². The van der Waals surface area contributed by atoms with Crippen molar-refractivity contribution >= 4 is 0 Å². The zero-order valence-electron chi connectivity index (χ0n) is 5.39. The molecule has 0 unspecified atom stereocenters. The van der Waals surface area contributed by atoms with Gasteiger partial charge in [0.15, 0.2) is 0 Å². The van der Waals surface area contributed by atoms with E-state index < -0.39 is 0 Å². The first-order chi connectivity index (χ1) is 3.72. The lowest BCUT2D eigenvalue weighted by Gasteiger charge is -2.09. The van der Waals surface area contributed by atoms with Crippen molar-refractivity contribution in [3.05, 3.63) is 0 Å². The van der Waals surface area contributed by atoms with Gasteiger partial charge in [-0.2, -0.15) is 0 Å². The molecule has 1 aliphatic rings. The molecule has 0 spiro atoms. The topological polar surface area (TPSA) is 32.3 Å². The van der Waals surface area contributed by atoms with E-state index in [9.17, 15) is 0 Å². The summed E-state index contributed by atoms with van der Waals surface area (Å²) in [6, 6.07) is 0.491. The third-order valence-electron chi connectivity index (χ3n) is 2.04. The monoisotopic (exact) mass is 115 g/mol. The summed E-state index contributed by atoms with van der Waals surface area (Å²) < 4.78 is 0. The molecule has 0 aromatic carbocycles. The van der Waals surface area contributed by atoms with Gasteiger partial charge in [-0.05, 0) is 12.8 Å². The van der Waals surface area contributed by atoms with Crippen LogP contribution in [-0.2, 0) is 0 Å². The zero-order chi connectivity index (χ0) is 6.15. The van der Waals surface area contributed by atoms with E-state index in [0.29, 0.717) is 12.0 Å². The van der Waals surface area contributed by atoms with Gasteiger partial charge in [-0.3, -0.25) is 0 Å². The van der Waals surface area contributed by atoms with Gasteiger partial charge in [0.25, 0.3) is 0 Å². The summed E-state index contributed by atoms with van der Waals surface area (Å²) in [6.45, 7) is 4.93. The van der Waals surface area contributed by atoms with E-state index in [4.69, 9.17) is 5.11 Å². The van der Waals surface area contributed by atoms with Crippen molar-refractivity contribution in [2.75, 3.05) is 6.54 Å². The number of hydrogen-bond donors (Lipinski definition) is 2. The molecule has 1 fully saturated rings. The minimum absolute atomic E-state index is 0.120. The second-order valence-electron chi connectivity index (χ2n) is 2.62. The molecule has 3 atom stereocenters. The van der Waals surface area contributed by atoms with Crippen molar-refractivity contribution in [1.29, 1.82) is 0 Å². The number of rotatable bonds is 0. The highest BCUT2D eigenvalue weighted by Gasteiger charge is 2.26. The van der Waals surface area contributed by atoms with E-state index in [1.54, 1.807) is 0 Å². The fourth-order valence-electron chi connectivity index (χ4n) is 1.01. The first kappa shape index (κ1) is 6.05. The molecule has 1 aliphatic heterocycles. The third kappa shape index (κ3) is 0.858. The zero-order valence-corrected chi connectivity index (χ0v) is 5.39. The van der Waals surface area contributed by atoms with E-state index in [0.717, 1.165) is 6.54 Å². The number of aliphatic hydroxyl groups excluding tert-OH is 1. The molecule has 0 aliphatic carbocycles. The second-order valence-corrected chi connectivity index (χ2v) is 2.62. The normalized spacial score (nSPS) is 47.6. The average Bonchev–Trinajstić information content (AvgIpc) is 1.98. The molecule has 2 heteroatoms. The maximum Gasteiger partial charge on any atom is 0.0704 e. The van der Waals surface area contributed by atoms with Gasteiger partial charge >= 0.3 is 0 Å². The molecule has 0 aromatic heterocycles. The predicted molar refractivity (Wildman–Crippen MR) is 32.6 cm³/mol. The van der Waals surface area contributed by atoms with Crippen LogP contribution in [0.4, 0.5) is 0 Å². The molecular formula is C6H13NO. The van der Waals surface area contributed by atoms with Crippen LogP contribution in [0.1, 0.15) is 13.8 Å². The Morgan fingerprint density at radius 2 is 2.12 bits per heavy atom. The van der Waals surface area contributed by atoms with Crippen molar-refractivity contribution in [1.82, 2.24) is 5.32 Å². The predicted octanol–water partition coefficient (Wildman–Crippen LogP) is -0.0249. The number of β-amino-alcohol motifs (C(OH)–C–C–N with tert-alkyl or cyclic N) is 1. The Bertz CT molecular complexity index is 74.6. The van der Waals surface area contributed by atoms with Gasteiger partial charge in [-0.15, -0.1) is 0 Å². The molecule has 2 nitrogen and oxygen atoms in total. The van der Waals surface area contributed by atoms with Gasteiger partial charge in [0.1, 0.15) is 0 Å². The van der Waals surface area contributed by atoms with Crippen LogP contribution < -0.4 is 5.32 Å². The molecule has 0 saturated carbocycles. The van der Waals surface area contributed by atoms with E-state index in [1.165, 1.54) is 0 Å². The van der Waals surface area contributed by atoms with E-state index in [-0.39, 0.29) is 6.10 Å². The maximum atomic E-state index is 9.11. The van der Waals surface area contributed by atoms with Crippen LogP contribution in [0, 0.1) is 5.92 Å². The largest absolute Gasteiger partial charge is 0.391 e. The van der Waals surface area contributed by atoms with Crippen molar-refractivity contribution in [3.8, 4) is 0 Å². The maximum absolute atomic E-state index is 9.11. The summed E-state index contributed by atoms with van der Waals surface area (Å²) in [6.07, 6.45) is -0.120. The molecule has 48 valence electrons. The van der Waals surface area contributed by atoms with E-state index in [1.807, 2.05) is 0 Å². The van der Waals surface area contributed by atoms with Crippen LogP contribution in [0.15, 0.2) is 0 Å². The Hall–Kier alpha value is -0.0800. The molecule has 0 amide bonds. The Morgan fingerprint density at radius 1 is 1.50 bits per heavy atom. The lowest BCUT2D eigenvalue weighted by Crippen LogP contribution is -2.21. The molecular weight excluding hydrogens is 102 g/mol. The molecule has 1 saturated heterocycles. The number of aliphatic hydroxyl groups is 1. The lowest BCUT2D eigenvalue weighted by atomic mass is 10.0. The van der Waals surface area contributed by atoms with Crippen LogP contribution in [0.5, 0.6) is 0 Å². The summed E-state index contributed by atoms with van der Waals surface area (Å²) >= 11 is 0. The van der Waals surface area contributed by atoms with Gasteiger partial charge in [-0.1, -0.05) is 6.92 Å². The van der Waals surface area contributed by atoms with Crippen LogP contribution >= 0.6 is 0 Å². The average molecular weight is 115 g/mol. The van der Waals surface area contributed by atoms with Gasteiger partial charge < -0.3 is 10.4 Å². The van der Waals surface area contributed by atoms with Crippen molar-refractivity contribution in [2.24, 2.45) is 5.92 Å². The van der Waals surface area contributed by atoms with Gasteiger partial charge in [0.2, 0.25) is 0 Å². The van der Waals surface area contributed by atoms with Crippen molar-refractivity contribution in [2.45, 2.75) is 26.0 Å². The lowest BCUT2D eigenvalue weighted by molar-refractivity contribution is 0.149. The fraction of sp³-hybridized carbons (Fsp3) is 1.00. The fourth-order valence-corrected chi connectivity index (χ4v) is 1.01. The molecule has 0 radical (unpaired) electrons. The SMILES string of the molecule is C[C@@H]1[C@H](C)NC[C@@H]1O. The van der Waals surface area contributed by atoms with Crippen molar-refractivity contribution < 1.29 is 5.11 Å². The quantitative estimate of drug-likeness (QED) is 0.465. The Kier molecular flexibility index (Phi) is 1.54. The van der Waals surface area contributed by atoms with Gasteiger partial charge in [-0.25, -0.2) is 0 Å². The Morgan fingerprint density at radius 3 is 2.25 bits per heavy atom. The summed E-state index contributed by atoms with van der Waals surface area (Å²) in [5.41, 5.74) is 0. The summed E-state index contributed by atoms with van der Waals surface area (Å²) in [5.74, 6) is 0.426. The van der Waals surface area contributed by atoms with E-state index in [2.05, 4.69) is 19.2 Å². The number of nitrogens with one attached hydrogen (secondary N) is 1. The summed E-state index contributed by atoms with van der Waals surface area (Å²) in [5, 5.41) is 12.3. The minimum Gasteiger partial charge on any atom is -0.391 e. The molecule has 8 heavy (non-hydrogen) atoms. The second kappa shape index (κ2) is 2.03. The number of hydrogen-bond acceptors (Lipinski definition) is 2. The minimum atomic E-state index is -0.120. The molecule has 0 aromatic rings. The van der Waals surface area contributed by atoms with Gasteiger partial charge in [0, 0.05) is 12.6 Å². The molecule has 2 N–H and O–H groups in total. The summed E-state index contributed by atoms with van der Waals surface area (Å²) in [7, 11) is 0. The van der Waals surface area contributed by atoms with Crippen LogP contribution in [-0.4, -0.2) is 23.8 Å². The molecule has 1 rings (SSSR count). The van der Waals surface area contributed by atoms with Crippen LogP contribution in [0.2, 0.25) is 0 Å². The molecule has 1 heterocycles. The van der Waals surface area contributed by atoms with Gasteiger partial charge in [0.05, 0.1) is 6.10 Å². The highest BCUT2D eigenvalue weighted by Crippen LogP contribution is 2.13. The van der Waals surface area contributed by atoms with Crippen molar-refractivity contribution in [3.63, 3.8) is 0 Å². The highest BCUT2D eigenvalue weighted by atomic mass is 16.3. The summed E-state index contributed by atoms with van der Waals surface area (Å²) in [4.78, 5) is 0. The van der Waals surface area contributed by atoms with Crippen LogP contribution in [0.25, 0.3) is 0 Å². The molecule has 0 bridgehead atoms. The first-order valence-electron chi connectivity index (χ1n) is 3.13. The standard InChI is InChI=1S/C6H13NO/c1-4-5(2)7-3-6(4)8/h4-8H,3H2,1-2H3/t4-,5+,6+/m1/s1. The smallest absolute Gasteiger partial charge is 0.0704 e. The van der Waals surface area contributed by atoms with Crippen LogP contribution in [0.3, 0.4) is 0 Å². The Balaban J connectivity index is 2.44. The first-order valence-corrected chi connectivity index (χ1v) is 3.13. The Labute approximate surface area is 49.9 Å². The third-order valence-corrected chi connectivity index (χ3v) is 2.04. The highest BCUT2D eigenvalue weighted by molar-refractivity contribution is 4.83.